The second kappa shape index (κ2) is 29.8. The van der Waals surface area contributed by atoms with E-state index in [0.717, 1.165) is 25.7 Å². The first-order chi connectivity index (χ1) is 15.5. The molecule has 0 rings (SSSR count). The molecule has 0 aromatic rings. The first-order valence-corrected chi connectivity index (χ1v) is 15.1. The van der Waals surface area contributed by atoms with Crippen LogP contribution in [0.4, 0.5) is 0 Å². The van der Waals surface area contributed by atoms with Gasteiger partial charge in [0.15, 0.2) is 0 Å². The molecule has 0 aliphatic heterocycles. The molecule has 5 heteroatoms. The van der Waals surface area contributed by atoms with Gasteiger partial charge in [-0.15, -0.1) is 0 Å². The van der Waals surface area contributed by atoms with E-state index in [-0.39, 0.29) is 12.8 Å². The van der Waals surface area contributed by atoms with E-state index < -0.39 is 11.9 Å². The molecule has 1 radical (unpaired) electrons. The molecule has 195 valence electrons. The first-order valence-electron chi connectivity index (χ1n) is 13.7. The van der Waals surface area contributed by atoms with Crippen LogP contribution in [0.15, 0.2) is 0 Å². The second-order valence-electron chi connectivity index (χ2n) is 10.2. The monoisotopic (exact) mass is 575 g/mol. The van der Waals surface area contributed by atoms with Gasteiger partial charge in [0.2, 0.25) is 0 Å². The zero-order chi connectivity index (χ0) is 25.8. The van der Waals surface area contributed by atoms with Crippen molar-refractivity contribution in [3.05, 3.63) is 0 Å². The molecule has 0 N–H and O–H groups in total. The fraction of sp³-hybridized carbons (Fsp3) is 0.929. The van der Waals surface area contributed by atoms with Crippen LogP contribution in [0.25, 0.3) is 0 Å². The van der Waals surface area contributed by atoms with Crippen LogP contribution >= 0.6 is 0 Å². The Kier molecular flexibility index (Phi) is 33.6. The third-order valence-electron chi connectivity index (χ3n) is 4.97. The van der Waals surface area contributed by atoms with Crippen molar-refractivity contribution < 1.29 is 19.8 Å². The van der Waals surface area contributed by atoms with Gasteiger partial charge in [-0.1, -0.05) is 117 Å². The number of carbonyl (C=O) groups is 2. The van der Waals surface area contributed by atoms with Gasteiger partial charge in [0.05, 0.1) is 0 Å². The van der Waals surface area contributed by atoms with E-state index in [2.05, 4.69) is 34.6 Å². The Balaban J connectivity index is -0.000000453. The Bertz CT molecular complexity index is 367. The molecule has 0 unspecified atom stereocenters. The van der Waals surface area contributed by atoms with Crippen molar-refractivity contribution in [2.45, 2.75) is 166 Å². The number of rotatable bonds is 20. The second-order valence-corrected chi connectivity index (χ2v) is 14.4. The summed E-state index contributed by atoms with van der Waals surface area (Å²) in [6.07, 6.45) is 22.3. The fourth-order valence-corrected chi connectivity index (χ4v) is 3.16. The minimum absolute atomic E-state index is 0.232. The summed E-state index contributed by atoms with van der Waals surface area (Å²) in [5, 5.41) is 20.2. The Morgan fingerprint density at radius 1 is 0.515 bits per heavy atom. The molecular formula is C28H55O4Sn. The number of carboxylic acid groups (broad SMARTS) is 2. The normalized spacial score (nSPS) is 10.5. The molecule has 0 amide bonds. The van der Waals surface area contributed by atoms with Gasteiger partial charge in [0.1, 0.15) is 0 Å². The summed E-state index contributed by atoms with van der Waals surface area (Å²) in [6.45, 7) is 11.1. The van der Waals surface area contributed by atoms with Crippen LogP contribution in [0.1, 0.15) is 163 Å². The predicted molar refractivity (Wildman–Crippen MR) is 139 cm³/mol. The number of carboxylic acids is 2. The third-order valence-corrected chi connectivity index (χ3v) is 4.97. The van der Waals surface area contributed by atoms with Gasteiger partial charge in [-0.25, -0.2) is 0 Å². The molecule has 0 aliphatic carbocycles. The summed E-state index contributed by atoms with van der Waals surface area (Å²) in [5.41, 5.74) is 0. The van der Waals surface area contributed by atoms with E-state index in [0.29, 0.717) is 3.43 Å². The molecular weight excluding hydrogens is 519 g/mol. The Hall–Kier alpha value is -0.261. The van der Waals surface area contributed by atoms with E-state index in [1.54, 1.807) is 22.5 Å². The first kappa shape index (κ1) is 37.3. The molecule has 33 heavy (non-hydrogen) atoms. The SMILES string of the molecule is CCCCCCCCCCCC(=O)[O-].CCCCCCCCCCCC(=O)[O-].C[C](C)(C)[Sn+2]. The van der Waals surface area contributed by atoms with Crippen molar-refractivity contribution in [1.29, 1.82) is 0 Å². The molecule has 4 nitrogen and oxygen atoms in total. The summed E-state index contributed by atoms with van der Waals surface area (Å²) >= 11 is 1.62. The quantitative estimate of drug-likeness (QED) is 0.120. The molecule has 0 heterocycles. The van der Waals surface area contributed by atoms with E-state index in [9.17, 15) is 19.8 Å². The zero-order valence-electron chi connectivity index (χ0n) is 22.8. The van der Waals surface area contributed by atoms with Crippen LogP contribution in [0.5, 0.6) is 0 Å². The maximum atomic E-state index is 10.1. The maximum absolute atomic E-state index is 10.1. The van der Waals surface area contributed by atoms with Gasteiger partial charge < -0.3 is 19.8 Å². The van der Waals surface area contributed by atoms with Crippen molar-refractivity contribution in [1.82, 2.24) is 0 Å². The van der Waals surface area contributed by atoms with Gasteiger partial charge >= 0.3 is 46.7 Å². The average molecular weight is 574 g/mol. The van der Waals surface area contributed by atoms with Gasteiger partial charge in [-0.2, -0.15) is 0 Å². The molecule has 0 bridgehead atoms. The van der Waals surface area contributed by atoms with Crippen LogP contribution < -0.4 is 10.2 Å². The van der Waals surface area contributed by atoms with Gasteiger partial charge in [0, 0.05) is 11.9 Å². The van der Waals surface area contributed by atoms with Crippen molar-refractivity contribution in [3.8, 4) is 0 Å². The molecule has 0 saturated heterocycles. The molecule has 0 saturated carbocycles. The molecule has 0 fully saturated rings. The zero-order valence-corrected chi connectivity index (χ0v) is 25.6. The number of unbranched alkanes of at least 4 members (excludes halogenated alkanes) is 16. The molecule has 0 atom stereocenters. The molecule has 0 aromatic heterocycles. The van der Waals surface area contributed by atoms with Crippen molar-refractivity contribution in [2.24, 2.45) is 0 Å². The van der Waals surface area contributed by atoms with E-state index >= 15 is 0 Å². The summed E-state index contributed by atoms with van der Waals surface area (Å²) < 4.78 is 0.590. The summed E-state index contributed by atoms with van der Waals surface area (Å²) in [4.78, 5) is 20.2. The number of hydrogen-bond donors (Lipinski definition) is 0. The van der Waals surface area contributed by atoms with Crippen molar-refractivity contribution in [3.63, 3.8) is 0 Å². The molecule has 0 aromatic carbocycles. The number of carbonyl (C=O) groups excluding carboxylic acids is 2. The van der Waals surface area contributed by atoms with Crippen molar-refractivity contribution >= 4 is 34.5 Å². The standard InChI is InChI=1S/2C12H24O2.C4H9.Sn/c2*1-2-3-4-5-6-7-8-9-10-11-12(13)14;1-4(2)3;/h2*2-11H2,1H3,(H,13,14);1-3H3;/q;;;+2/p-2. The summed E-state index contributed by atoms with van der Waals surface area (Å²) in [7, 11) is 0. The number of hydrogen-bond acceptors (Lipinski definition) is 4. The van der Waals surface area contributed by atoms with Gasteiger partial charge in [-0.05, 0) is 25.7 Å². The van der Waals surface area contributed by atoms with Crippen LogP contribution in [0.3, 0.4) is 0 Å². The average Bonchev–Trinajstić information content (AvgIpc) is 2.70. The van der Waals surface area contributed by atoms with Gasteiger partial charge in [-0.3, -0.25) is 0 Å². The van der Waals surface area contributed by atoms with Crippen LogP contribution in [-0.2, 0) is 9.59 Å². The molecule has 0 spiro atoms. The fourth-order valence-electron chi connectivity index (χ4n) is 3.16. The number of aliphatic carboxylic acids is 2. The van der Waals surface area contributed by atoms with Crippen LogP contribution in [0, 0.1) is 0 Å². The topological polar surface area (TPSA) is 80.3 Å². The Labute approximate surface area is 220 Å². The Morgan fingerprint density at radius 3 is 0.879 bits per heavy atom. The third kappa shape index (κ3) is 59.4. The predicted octanol–water partition coefficient (Wildman–Crippen LogP) is 6.69. The molecule has 0 aliphatic rings. The van der Waals surface area contributed by atoms with E-state index in [1.807, 2.05) is 0 Å². The van der Waals surface area contributed by atoms with E-state index in [1.165, 1.54) is 89.9 Å². The van der Waals surface area contributed by atoms with Gasteiger partial charge in [0.25, 0.3) is 0 Å². The van der Waals surface area contributed by atoms with Crippen LogP contribution in [0.2, 0.25) is 3.43 Å². The van der Waals surface area contributed by atoms with Crippen molar-refractivity contribution in [2.75, 3.05) is 0 Å². The van der Waals surface area contributed by atoms with E-state index in [4.69, 9.17) is 0 Å². The van der Waals surface area contributed by atoms with Crippen LogP contribution in [-0.4, -0.2) is 34.5 Å². The summed E-state index contributed by atoms with van der Waals surface area (Å²) in [6, 6.07) is 0. The summed E-state index contributed by atoms with van der Waals surface area (Å²) in [5.74, 6) is -1.82. The Morgan fingerprint density at radius 2 is 0.697 bits per heavy atom. The minimum atomic E-state index is -0.909.